The minimum absolute atomic E-state index is 0.130. The number of halogens is 1. The van der Waals surface area contributed by atoms with Crippen molar-refractivity contribution in [2.75, 3.05) is 11.9 Å². The molecule has 3 rings (SSSR count). The maximum Gasteiger partial charge on any atom is 0.256 e. The van der Waals surface area contributed by atoms with E-state index in [2.05, 4.69) is 5.32 Å². The molecule has 1 heterocycles. The number of amides is 1. The lowest BCUT2D eigenvalue weighted by molar-refractivity contribution is -0.153. The Morgan fingerprint density at radius 2 is 1.82 bits per heavy atom. The van der Waals surface area contributed by atoms with Gasteiger partial charge in [-0.25, -0.2) is 4.39 Å². The molecule has 0 unspecified atom stereocenters. The lowest BCUT2D eigenvalue weighted by Gasteiger charge is -2.17. The van der Waals surface area contributed by atoms with Gasteiger partial charge in [0.1, 0.15) is 5.82 Å². The molecule has 1 amide bonds. The molecule has 5 nitrogen and oxygen atoms in total. The predicted octanol–water partition coefficient (Wildman–Crippen LogP) is 4.28. The Morgan fingerprint density at radius 1 is 1.11 bits per heavy atom. The van der Waals surface area contributed by atoms with Crippen LogP contribution in [0.2, 0.25) is 0 Å². The molecule has 150 valence electrons. The van der Waals surface area contributed by atoms with Crippen LogP contribution in [0.25, 0.3) is 0 Å². The number of ether oxygens (including phenoxy) is 3. The highest BCUT2D eigenvalue weighted by Crippen LogP contribution is 2.31. The number of para-hydroxylation sites is 1. The number of nitrogens with one attached hydrogen (secondary N) is 1. The number of rotatable bonds is 8. The van der Waals surface area contributed by atoms with E-state index >= 15 is 0 Å². The topological polar surface area (TPSA) is 56.8 Å². The lowest BCUT2D eigenvalue weighted by atomic mass is 10.1. The Labute approximate surface area is 164 Å². The van der Waals surface area contributed by atoms with E-state index in [1.165, 1.54) is 12.1 Å². The van der Waals surface area contributed by atoms with Crippen molar-refractivity contribution < 1.29 is 23.4 Å². The minimum atomic E-state index is -0.868. The number of benzene rings is 2. The summed E-state index contributed by atoms with van der Waals surface area (Å²) in [6.45, 7) is 4.63. The summed E-state index contributed by atoms with van der Waals surface area (Å²) >= 11 is 0. The Morgan fingerprint density at radius 3 is 2.57 bits per heavy atom. The third-order valence-electron chi connectivity index (χ3n) is 4.46. The Kier molecular flexibility index (Phi) is 6.78. The fraction of sp³-hybridized carbons (Fsp3) is 0.409. The number of carbonyl (C=O) groups is 1. The smallest absolute Gasteiger partial charge is 0.256 e. The van der Waals surface area contributed by atoms with E-state index in [1.807, 2.05) is 30.3 Å². The first-order valence-corrected chi connectivity index (χ1v) is 9.47. The van der Waals surface area contributed by atoms with Gasteiger partial charge in [-0.3, -0.25) is 4.79 Å². The molecule has 0 aliphatic carbocycles. The number of hydrogen-bond acceptors (Lipinski definition) is 4. The molecular formula is C22H26FNO4. The van der Waals surface area contributed by atoms with Crippen LogP contribution in [0.4, 0.5) is 10.1 Å². The summed E-state index contributed by atoms with van der Waals surface area (Å²) in [6.07, 6.45) is 0.111. The highest BCUT2D eigenvalue weighted by molar-refractivity contribution is 5.94. The first-order valence-electron chi connectivity index (χ1n) is 9.47. The van der Waals surface area contributed by atoms with Crippen molar-refractivity contribution in [2.24, 2.45) is 0 Å². The van der Waals surface area contributed by atoms with Gasteiger partial charge < -0.3 is 19.5 Å². The maximum absolute atomic E-state index is 13.8. The van der Waals surface area contributed by atoms with Gasteiger partial charge in [0.25, 0.3) is 5.91 Å². The van der Waals surface area contributed by atoms with Crippen LogP contribution in [0.5, 0.6) is 0 Å². The molecule has 2 atom stereocenters. The molecule has 1 aliphatic rings. The summed E-state index contributed by atoms with van der Waals surface area (Å²) in [5, 5.41) is 2.59. The predicted molar refractivity (Wildman–Crippen MR) is 104 cm³/mol. The molecule has 6 heteroatoms. The SMILES string of the molecule is CC1(C)O[C@@H](CCCOCc2ccccc2)[C@H](C(=O)Nc2ccccc2F)O1. The molecule has 0 radical (unpaired) electrons. The molecule has 1 fully saturated rings. The normalized spacial score (nSPS) is 20.8. The number of carbonyl (C=O) groups excluding carboxylic acids is 1. The van der Waals surface area contributed by atoms with Crippen molar-refractivity contribution in [3.05, 3.63) is 66.0 Å². The largest absolute Gasteiger partial charge is 0.377 e. The monoisotopic (exact) mass is 387 g/mol. The highest BCUT2D eigenvalue weighted by atomic mass is 19.1. The summed E-state index contributed by atoms with van der Waals surface area (Å²) in [4.78, 5) is 12.6. The Hall–Kier alpha value is -2.28. The summed E-state index contributed by atoms with van der Waals surface area (Å²) in [7, 11) is 0. The van der Waals surface area contributed by atoms with E-state index in [0.29, 0.717) is 19.6 Å². The van der Waals surface area contributed by atoms with Gasteiger partial charge in [0.15, 0.2) is 11.9 Å². The van der Waals surface area contributed by atoms with Crippen LogP contribution >= 0.6 is 0 Å². The van der Waals surface area contributed by atoms with Gasteiger partial charge in [-0.05, 0) is 44.4 Å². The van der Waals surface area contributed by atoms with Crippen molar-refractivity contribution >= 4 is 11.6 Å². The van der Waals surface area contributed by atoms with Gasteiger partial charge >= 0.3 is 0 Å². The molecule has 28 heavy (non-hydrogen) atoms. The molecular weight excluding hydrogens is 361 g/mol. The Balaban J connectivity index is 1.50. The minimum Gasteiger partial charge on any atom is -0.377 e. The van der Waals surface area contributed by atoms with Crippen molar-refractivity contribution in [3.8, 4) is 0 Å². The highest BCUT2D eigenvalue weighted by Gasteiger charge is 2.44. The lowest BCUT2D eigenvalue weighted by Crippen LogP contribution is -2.36. The molecule has 2 aromatic rings. The number of hydrogen-bond donors (Lipinski definition) is 1. The van der Waals surface area contributed by atoms with Crippen molar-refractivity contribution in [1.29, 1.82) is 0 Å². The summed E-state index contributed by atoms with van der Waals surface area (Å²) in [5.41, 5.74) is 1.25. The van der Waals surface area contributed by atoms with E-state index in [9.17, 15) is 9.18 Å². The second kappa shape index (κ2) is 9.28. The zero-order valence-electron chi connectivity index (χ0n) is 16.2. The molecule has 1 saturated heterocycles. The zero-order chi connectivity index (χ0) is 20.0. The average Bonchev–Trinajstić information content (AvgIpc) is 2.99. The zero-order valence-corrected chi connectivity index (χ0v) is 16.2. The van der Waals surface area contributed by atoms with Gasteiger partial charge in [-0.1, -0.05) is 42.5 Å². The molecule has 2 aromatic carbocycles. The van der Waals surface area contributed by atoms with Gasteiger partial charge in [0, 0.05) is 6.61 Å². The maximum atomic E-state index is 13.8. The summed E-state index contributed by atoms with van der Waals surface area (Å²) < 4.78 is 31.1. The van der Waals surface area contributed by atoms with Crippen LogP contribution in [-0.4, -0.2) is 30.5 Å². The summed E-state index contributed by atoms with van der Waals surface area (Å²) in [6, 6.07) is 16.0. The van der Waals surface area contributed by atoms with Crippen molar-refractivity contribution in [2.45, 2.75) is 51.3 Å². The van der Waals surface area contributed by atoms with Crippen LogP contribution in [0, 0.1) is 5.82 Å². The quantitative estimate of drug-likeness (QED) is 0.687. The second-order valence-corrected chi connectivity index (χ2v) is 7.24. The standard InChI is InChI=1S/C22H26FNO4/c1-22(2)27-19(13-8-14-26-15-16-9-4-3-5-10-16)20(28-22)21(25)24-18-12-7-6-11-17(18)23/h3-7,9-12,19-20H,8,13-15H2,1-2H3,(H,24,25)/t19-,20+/m0/s1. The van der Waals surface area contributed by atoms with E-state index in [0.717, 1.165) is 12.0 Å². The van der Waals surface area contributed by atoms with Crippen LogP contribution < -0.4 is 5.32 Å². The molecule has 0 saturated carbocycles. The van der Waals surface area contributed by atoms with Crippen molar-refractivity contribution in [1.82, 2.24) is 0 Å². The fourth-order valence-corrected chi connectivity index (χ4v) is 3.19. The molecule has 0 spiro atoms. The van der Waals surface area contributed by atoms with E-state index in [1.54, 1.807) is 26.0 Å². The van der Waals surface area contributed by atoms with E-state index < -0.39 is 29.7 Å². The van der Waals surface area contributed by atoms with E-state index in [-0.39, 0.29) is 5.69 Å². The third kappa shape index (κ3) is 5.61. The van der Waals surface area contributed by atoms with Gasteiger partial charge in [0.05, 0.1) is 18.4 Å². The molecule has 1 aliphatic heterocycles. The van der Waals surface area contributed by atoms with Crippen LogP contribution in [0.15, 0.2) is 54.6 Å². The average molecular weight is 387 g/mol. The van der Waals surface area contributed by atoms with Gasteiger partial charge in [0.2, 0.25) is 0 Å². The fourth-order valence-electron chi connectivity index (χ4n) is 3.19. The third-order valence-corrected chi connectivity index (χ3v) is 4.46. The Bertz CT molecular complexity index is 781. The molecule has 0 aromatic heterocycles. The van der Waals surface area contributed by atoms with Crippen LogP contribution in [-0.2, 0) is 25.6 Å². The summed E-state index contributed by atoms with van der Waals surface area (Å²) in [5.74, 6) is -1.77. The van der Waals surface area contributed by atoms with Crippen LogP contribution in [0.1, 0.15) is 32.3 Å². The first kappa shape index (κ1) is 20.5. The molecule has 0 bridgehead atoms. The van der Waals surface area contributed by atoms with E-state index in [4.69, 9.17) is 14.2 Å². The number of anilines is 1. The van der Waals surface area contributed by atoms with Gasteiger partial charge in [-0.2, -0.15) is 0 Å². The molecule has 1 N–H and O–H groups in total. The second-order valence-electron chi connectivity index (χ2n) is 7.24. The van der Waals surface area contributed by atoms with Gasteiger partial charge in [-0.15, -0.1) is 0 Å². The first-order chi connectivity index (χ1) is 13.4. The van der Waals surface area contributed by atoms with Crippen molar-refractivity contribution in [3.63, 3.8) is 0 Å². The van der Waals surface area contributed by atoms with Crippen LogP contribution in [0.3, 0.4) is 0 Å².